The number of piperidine rings is 1. The maximum atomic E-state index is 14.0. The van der Waals surface area contributed by atoms with Crippen LogP contribution >= 0.6 is 11.6 Å². The Hall–Kier alpha value is -2.44. The van der Waals surface area contributed by atoms with Crippen LogP contribution in [0.15, 0.2) is 48.5 Å². The van der Waals surface area contributed by atoms with Crippen LogP contribution in [0.3, 0.4) is 0 Å². The lowest BCUT2D eigenvalue weighted by Crippen LogP contribution is -2.53. The van der Waals surface area contributed by atoms with Gasteiger partial charge in [-0.05, 0) is 68.9 Å². The third-order valence-corrected chi connectivity index (χ3v) is 8.10. The van der Waals surface area contributed by atoms with E-state index in [2.05, 4.69) is 22.5 Å². The van der Waals surface area contributed by atoms with E-state index in [0.717, 1.165) is 63.7 Å². The maximum Gasteiger partial charge on any atom is 0.253 e. The van der Waals surface area contributed by atoms with Crippen LogP contribution in [0.2, 0.25) is 5.02 Å². The smallest absolute Gasteiger partial charge is 0.253 e. The van der Waals surface area contributed by atoms with Gasteiger partial charge in [0, 0.05) is 31.1 Å². The van der Waals surface area contributed by atoms with E-state index >= 15 is 0 Å². The third kappa shape index (κ3) is 7.07. The Morgan fingerprint density at radius 3 is 2.50 bits per heavy atom. The Labute approximate surface area is 218 Å². The van der Waals surface area contributed by atoms with Gasteiger partial charge in [0.05, 0.1) is 16.6 Å². The minimum absolute atomic E-state index is 0.0623. The minimum atomic E-state index is -0.302. The molecule has 1 aliphatic carbocycles. The first-order valence-corrected chi connectivity index (χ1v) is 13.6. The molecule has 5 nitrogen and oxygen atoms in total. The van der Waals surface area contributed by atoms with Crippen molar-refractivity contribution in [3.05, 3.63) is 70.5 Å². The average molecular weight is 514 g/mol. The summed E-state index contributed by atoms with van der Waals surface area (Å²) >= 11 is 6.20. The quantitative estimate of drug-likeness (QED) is 0.462. The first-order valence-electron chi connectivity index (χ1n) is 13.2. The molecule has 1 atom stereocenters. The topological polar surface area (TPSA) is 61.4 Å². The maximum absolute atomic E-state index is 14.0. The van der Waals surface area contributed by atoms with Gasteiger partial charge in [-0.1, -0.05) is 55.1 Å². The van der Waals surface area contributed by atoms with Gasteiger partial charge in [-0.2, -0.15) is 0 Å². The lowest BCUT2D eigenvalue weighted by molar-refractivity contribution is -0.126. The van der Waals surface area contributed by atoms with Gasteiger partial charge in [0.25, 0.3) is 5.91 Å². The zero-order chi connectivity index (χ0) is 25.5. The Morgan fingerprint density at radius 1 is 1.08 bits per heavy atom. The Kier molecular flexibility index (Phi) is 9.02. The third-order valence-electron chi connectivity index (χ3n) is 7.77. The van der Waals surface area contributed by atoms with E-state index in [0.29, 0.717) is 17.0 Å². The summed E-state index contributed by atoms with van der Waals surface area (Å²) in [7, 11) is 0. The molecule has 0 spiro atoms. The molecule has 2 aromatic rings. The molecule has 2 aromatic carbocycles. The predicted octanol–water partition coefficient (Wildman–Crippen LogP) is 5.89. The fraction of sp³-hybridized carbons (Fsp3) is 0.517. The predicted molar refractivity (Wildman–Crippen MR) is 141 cm³/mol. The van der Waals surface area contributed by atoms with Crippen LogP contribution in [0.1, 0.15) is 80.3 Å². The molecule has 0 unspecified atom stereocenters. The van der Waals surface area contributed by atoms with E-state index in [1.165, 1.54) is 18.6 Å². The highest BCUT2D eigenvalue weighted by Crippen LogP contribution is 2.28. The number of rotatable bonds is 8. The minimum Gasteiger partial charge on any atom is -0.349 e. The molecule has 36 heavy (non-hydrogen) atoms. The van der Waals surface area contributed by atoms with Gasteiger partial charge >= 0.3 is 0 Å². The van der Waals surface area contributed by atoms with E-state index in [1.54, 1.807) is 18.2 Å². The fourth-order valence-corrected chi connectivity index (χ4v) is 5.62. The van der Waals surface area contributed by atoms with Crippen LogP contribution in [0.25, 0.3) is 0 Å². The van der Waals surface area contributed by atoms with E-state index in [9.17, 15) is 14.0 Å². The highest BCUT2D eigenvalue weighted by Gasteiger charge is 2.32. The van der Waals surface area contributed by atoms with Crippen molar-refractivity contribution in [2.45, 2.75) is 69.9 Å². The molecule has 194 valence electrons. The number of nitrogens with zero attached hydrogens (tertiary/aromatic N) is 1. The molecule has 2 N–H and O–H groups in total. The fourth-order valence-electron chi connectivity index (χ4n) is 5.39. The zero-order valence-corrected chi connectivity index (χ0v) is 21.8. The molecule has 2 aliphatic rings. The standard InChI is InChI=1S/C29H37ClFN3O2/c1-29(33-28(36)24-12-5-6-13-25(24)30)15-18-34(19-16-29)17-14-26(22-10-7-11-23(31)20-22)32-27(35)21-8-3-2-4-9-21/h5-7,10-13,20-21,26H,2-4,8-9,14-19H2,1H3,(H,32,35)(H,33,36)/t26-/m0/s1. The zero-order valence-electron chi connectivity index (χ0n) is 21.1. The molecule has 1 heterocycles. The Morgan fingerprint density at radius 2 is 1.81 bits per heavy atom. The van der Waals surface area contributed by atoms with Crippen molar-refractivity contribution < 1.29 is 14.0 Å². The van der Waals surface area contributed by atoms with Gasteiger partial charge in [-0.15, -0.1) is 0 Å². The number of amides is 2. The van der Waals surface area contributed by atoms with Crippen molar-refractivity contribution in [3.63, 3.8) is 0 Å². The van der Waals surface area contributed by atoms with Gasteiger partial charge in [-0.3, -0.25) is 9.59 Å². The van der Waals surface area contributed by atoms with E-state index < -0.39 is 0 Å². The summed E-state index contributed by atoms with van der Waals surface area (Å²) in [6, 6.07) is 13.4. The molecular formula is C29H37ClFN3O2. The van der Waals surface area contributed by atoms with Crippen LogP contribution in [-0.4, -0.2) is 41.9 Å². The number of benzene rings is 2. The van der Waals surface area contributed by atoms with Crippen LogP contribution in [-0.2, 0) is 4.79 Å². The van der Waals surface area contributed by atoms with Crippen LogP contribution in [0, 0.1) is 11.7 Å². The van der Waals surface area contributed by atoms with Crippen molar-refractivity contribution in [1.29, 1.82) is 0 Å². The summed E-state index contributed by atoms with van der Waals surface area (Å²) in [4.78, 5) is 28.1. The number of carbonyl (C=O) groups is 2. The number of nitrogens with one attached hydrogen (secondary N) is 2. The summed E-state index contributed by atoms with van der Waals surface area (Å²) in [6.45, 7) is 4.55. The second kappa shape index (κ2) is 12.2. The van der Waals surface area contributed by atoms with Crippen LogP contribution in [0.4, 0.5) is 4.39 Å². The monoisotopic (exact) mass is 513 g/mol. The van der Waals surface area contributed by atoms with Crippen LogP contribution < -0.4 is 10.6 Å². The summed E-state index contributed by atoms with van der Waals surface area (Å²) in [5, 5.41) is 6.87. The van der Waals surface area contributed by atoms with E-state index in [-0.39, 0.29) is 35.1 Å². The molecular weight excluding hydrogens is 477 g/mol. The van der Waals surface area contributed by atoms with Gasteiger partial charge in [0.2, 0.25) is 5.91 Å². The lowest BCUT2D eigenvalue weighted by atomic mass is 9.88. The Bertz CT molecular complexity index is 1050. The molecule has 0 aromatic heterocycles. The van der Waals surface area contributed by atoms with Crippen molar-refractivity contribution in [2.75, 3.05) is 19.6 Å². The highest BCUT2D eigenvalue weighted by molar-refractivity contribution is 6.33. The molecule has 2 fully saturated rings. The highest BCUT2D eigenvalue weighted by atomic mass is 35.5. The summed E-state index contributed by atoms with van der Waals surface area (Å²) < 4.78 is 14.0. The second-order valence-corrected chi connectivity index (χ2v) is 11.0. The first-order chi connectivity index (χ1) is 17.3. The van der Waals surface area contributed by atoms with Crippen molar-refractivity contribution in [2.24, 2.45) is 5.92 Å². The largest absolute Gasteiger partial charge is 0.349 e. The number of hydrogen-bond acceptors (Lipinski definition) is 3. The van der Waals surface area contributed by atoms with Crippen molar-refractivity contribution >= 4 is 23.4 Å². The molecule has 0 bridgehead atoms. The molecule has 0 radical (unpaired) electrons. The number of halogens is 2. The van der Waals surface area contributed by atoms with Gasteiger partial charge < -0.3 is 15.5 Å². The lowest BCUT2D eigenvalue weighted by Gasteiger charge is -2.40. The normalized spacial score (nSPS) is 19.4. The number of likely N-dealkylation sites (tertiary alicyclic amines) is 1. The average Bonchev–Trinajstić information content (AvgIpc) is 2.88. The second-order valence-electron chi connectivity index (χ2n) is 10.6. The van der Waals surface area contributed by atoms with Gasteiger partial charge in [0.1, 0.15) is 5.82 Å². The number of carbonyl (C=O) groups excluding carboxylic acids is 2. The molecule has 4 rings (SSSR count). The first kappa shape index (κ1) is 26.6. The van der Waals surface area contributed by atoms with E-state index in [1.807, 2.05) is 18.2 Å². The van der Waals surface area contributed by atoms with Gasteiger partial charge in [-0.25, -0.2) is 4.39 Å². The molecule has 1 saturated carbocycles. The van der Waals surface area contributed by atoms with E-state index in [4.69, 9.17) is 11.6 Å². The molecule has 1 aliphatic heterocycles. The van der Waals surface area contributed by atoms with Crippen LogP contribution in [0.5, 0.6) is 0 Å². The molecule has 7 heteroatoms. The Balaban J connectivity index is 1.33. The number of hydrogen-bond donors (Lipinski definition) is 2. The molecule has 2 amide bonds. The van der Waals surface area contributed by atoms with Crippen molar-refractivity contribution in [1.82, 2.24) is 15.5 Å². The summed E-state index contributed by atoms with van der Waals surface area (Å²) in [5.41, 5.74) is 1.01. The van der Waals surface area contributed by atoms with Crippen molar-refractivity contribution in [3.8, 4) is 0 Å². The molecule has 1 saturated heterocycles. The van der Waals surface area contributed by atoms with Gasteiger partial charge in [0.15, 0.2) is 0 Å². The summed E-state index contributed by atoms with van der Waals surface area (Å²) in [6.07, 6.45) is 7.63. The summed E-state index contributed by atoms with van der Waals surface area (Å²) in [5.74, 6) is -0.273. The SMILES string of the molecule is CC1(NC(=O)c2ccccc2Cl)CCN(CC[C@H](NC(=O)C2CCCCC2)c2cccc(F)c2)CC1.